The fraction of sp³-hybridized carbons (Fsp3) is 0.0500. The number of benzene rings is 1. The van der Waals surface area contributed by atoms with Crippen molar-refractivity contribution in [2.75, 3.05) is 0 Å². The summed E-state index contributed by atoms with van der Waals surface area (Å²) in [6.07, 6.45) is 8.50. The first-order valence-corrected chi connectivity index (χ1v) is 8.92. The van der Waals surface area contributed by atoms with Crippen molar-refractivity contribution in [3.8, 4) is 11.3 Å². The van der Waals surface area contributed by atoms with Crippen molar-refractivity contribution in [2.24, 2.45) is 0 Å². The molecule has 6 heteroatoms. The zero-order valence-corrected chi connectivity index (χ0v) is 14.6. The molecule has 0 aliphatic rings. The van der Waals surface area contributed by atoms with Gasteiger partial charge in [0.05, 0.1) is 18.0 Å². The van der Waals surface area contributed by atoms with Crippen LogP contribution in [0.3, 0.4) is 0 Å². The summed E-state index contributed by atoms with van der Waals surface area (Å²) in [5, 5.41) is 11.2. The lowest BCUT2D eigenvalue weighted by atomic mass is 10.1. The number of aliphatic hydroxyl groups is 1. The molecule has 0 radical (unpaired) electrons. The number of rotatable bonds is 5. The Morgan fingerprint density at radius 2 is 1.92 bits per heavy atom. The predicted octanol–water partition coefficient (Wildman–Crippen LogP) is 3.85. The van der Waals surface area contributed by atoms with Gasteiger partial charge in [-0.1, -0.05) is 24.3 Å². The molecule has 0 unspecified atom stereocenters. The lowest BCUT2D eigenvalue weighted by Gasteiger charge is -2.02. The molecule has 0 saturated heterocycles. The number of carbonyl (C=O) groups excluding carboxylic acids is 1. The largest absolute Gasteiger partial charge is 0.392 e. The molecule has 4 rings (SSSR count). The number of aliphatic hydroxyl groups excluding tert-OH is 1. The van der Waals surface area contributed by atoms with E-state index in [-0.39, 0.29) is 12.4 Å². The van der Waals surface area contributed by atoms with Crippen molar-refractivity contribution >= 4 is 28.2 Å². The molecule has 128 valence electrons. The standard InChI is InChI=1S/C20H15N3O2S/c24-13-14-1-3-16(4-2-14)19-17(23-11-12-26-20(23)22-19)5-6-18(25)15-7-9-21-10-8-15/h1-12,24H,13H2/b6-5+. The van der Waals surface area contributed by atoms with Crippen LogP contribution in [0.15, 0.2) is 66.4 Å². The molecule has 1 aromatic carbocycles. The molecule has 0 spiro atoms. The number of hydrogen-bond acceptors (Lipinski definition) is 5. The highest BCUT2D eigenvalue weighted by molar-refractivity contribution is 7.15. The van der Waals surface area contributed by atoms with Gasteiger partial charge in [-0.2, -0.15) is 0 Å². The fourth-order valence-corrected chi connectivity index (χ4v) is 3.43. The van der Waals surface area contributed by atoms with E-state index in [9.17, 15) is 9.90 Å². The van der Waals surface area contributed by atoms with Crippen molar-refractivity contribution in [3.05, 3.63) is 83.3 Å². The fourth-order valence-electron chi connectivity index (χ4n) is 2.71. The third-order valence-corrected chi connectivity index (χ3v) is 4.82. The van der Waals surface area contributed by atoms with E-state index < -0.39 is 0 Å². The molecule has 0 aliphatic carbocycles. The Morgan fingerprint density at radius 3 is 2.65 bits per heavy atom. The Bertz CT molecular complexity index is 1080. The molecule has 3 heterocycles. The number of fused-ring (bicyclic) bond motifs is 1. The highest BCUT2D eigenvalue weighted by Crippen LogP contribution is 2.28. The number of imidazole rings is 1. The number of ketones is 1. The van der Waals surface area contributed by atoms with Crippen LogP contribution in [0.1, 0.15) is 21.6 Å². The first-order chi connectivity index (χ1) is 12.8. The lowest BCUT2D eigenvalue weighted by molar-refractivity contribution is 0.104. The Morgan fingerprint density at radius 1 is 1.15 bits per heavy atom. The molecule has 0 atom stereocenters. The summed E-state index contributed by atoms with van der Waals surface area (Å²) < 4.78 is 1.97. The first-order valence-electron chi connectivity index (χ1n) is 8.04. The quantitative estimate of drug-likeness (QED) is 0.433. The summed E-state index contributed by atoms with van der Waals surface area (Å²) >= 11 is 1.54. The van der Waals surface area contributed by atoms with Crippen LogP contribution < -0.4 is 0 Å². The first kappa shape index (κ1) is 16.4. The number of hydrogen-bond donors (Lipinski definition) is 1. The van der Waals surface area contributed by atoms with Gasteiger partial charge < -0.3 is 5.11 Å². The summed E-state index contributed by atoms with van der Waals surface area (Å²) in [4.78, 5) is 21.9. The van der Waals surface area contributed by atoms with Crippen LogP contribution in [0.4, 0.5) is 0 Å². The van der Waals surface area contributed by atoms with E-state index in [1.54, 1.807) is 48.0 Å². The maximum Gasteiger partial charge on any atom is 0.194 e. The third-order valence-electron chi connectivity index (χ3n) is 4.07. The maximum absolute atomic E-state index is 12.4. The number of carbonyl (C=O) groups is 1. The van der Waals surface area contributed by atoms with Gasteiger partial charge in [0.25, 0.3) is 0 Å². The Kier molecular flexibility index (Phi) is 4.43. The van der Waals surface area contributed by atoms with Gasteiger partial charge in [0.15, 0.2) is 10.7 Å². The number of thiazole rings is 1. The van der Waals surface area contributed by atoms with Gasteiger partial charge in [-0.05, 0) is 29.8 Å². The van der Waals surface area contributed by atoms with Crippen LogP contribution in [0.5, 0.6) is 0 Å². The minimum absolute atomic E-state index is 0.00571. The molecular formula is C20H15N3O2S. The number of allylic oxidation sites excluding steroid dienone is 1. The minimum atomic E-state index is -0.0841. The molecule has 0 fully saturated rings. The van der Waals surface area contributed by atoms with Gasteiger partial charge in [-0.3, -0.25) is 14.2 Å². The molecule has 0 bridgehead atoms. The van der Waals surface area contributed by atoms with E-state index >= 15 is 0 Å². The van der Waals surface area contributed by atoms with Crippen LogP contribution in [0.2, 0.25) is 0 Å². The van der Waals surface area contributed by atoms with E-state index in [2.05, 4.69) is 4.98 Å². The number of pyridine rings is 1. The Hall–Kier alpha value is -3.09. The van der Waals surface area contributed by atoms with Gasteiger partial charge in [0, 0.05) is 35.1 Å². The molecule has 0 aliphatic heterocycles. The zero-order valence-electron chi connectivity index (χ0n) is 13.7. The van der Waals surface area contributed by atoms with Gasteiger partial charge in [0.1, 0.15) is 0 Å². The zero-order chi connectivity index (χ0) is 17.9. The SMILES string of the molecule is O=C(/C=C/c1c(-c2ccc(CO)cc2)nc2sccn12)c1ccncc1. The molecule has 0 amide bonds. The molecule has 4 aromatic rings. The molecular weight excluding hydrogens is 346 g/mol. The summed E-state index contributed by atoms with van der Waals surface area (Å²) in [5.74, 6) is -0.0841. The van der Waals surface area contributed by atoms with E-state index in [0.717, 1.165) is 27.5 Å². The lowest BCUT2D eigenvalue weighted by Crippen LogP contribution is -1.94. The van der Waals surface area contributed by atoms with E-state index in [1.807, 2.05) is 40.2 Å². The van der Waals surface area contributed by atoms with Crippen molar-refractivity contribution < 1.29 is 9.90 Å². The second-order valence-electron chi connectivity index (χ2n) is 5.69. The van der Waals surface area contributed by atoms with Crippen molar-refractivity contribution in [1.82, 2.24) is 14.4 Å². The molecule has 0 saturated carbocycles. The van der Waals surface area contributed by atoms with Crippen LogP contribution >= 0.6 is 11.3 Å². The summed E-state index contributed by atoms with van der Waals surface area (Å²) in [6.45, 7) is 0.00571. The number of aromatic nitrogens is 3. The van der Waals surface area contributed by atoms with Crippen LogP contribution in [-0.2, 0) is 6.61 Å². The maximum atomic E-state index is 12.4. The Labute approximate surface area is 153 Å². The molecule has 1 N–H and O–H groups in total. The van der Waals surface area contributed by atoms with Crippen LogP contribution in [0, 0.1) is 0 Å². The van der Waals surface area contributed by atoms with E-state index in [0.29, 0.717) is 5.56 Å². The van der Waals surface area contributed by atoms with Gasteiger partial charge in [0.2, 0.25) is 0 Å². The highest BCUT2D eigenvalue weighted by atomic mass is 32.1. The van der Waals surface area contributed by atoms with Crippen molar-refractivity contribution in [3.63, 3.8) is 0 Å². The normalized spacial score (nSPS) is 11.4. The molecule has 3 aromatic heterocycles. The topological polar surface area (TPSA) is 67.5 Å². The summed E-state index contributed by atoms with van der Waals surface area (Å²) in [6, 6.07) is 11.0. The second kappa shape index (κ2) is 7.03. The van der Waals surface area contributed by atoms with Gasteiger partial charge in [-0.15, -0.1) is 11.3 Å². The third kappa shape index (κ3) is 3.08. The average molecular weight is 361 g/mol. The average Bonchev–Trinajstić information content (AvgIpc) is 3.28. The number of nitrogens with zero attached hydrogens (tertiary/aromatic N) is 3. The molecule has 5 nitrogen and oxygen atoms in total. The molecule has 26 heavy (non-hydrogen) atoms. The van der Waals surface area contributed by atoms with Crippen molar-refractivity contribution in [1.29, 1.82) is 0 Å². The van der Waals surface area contributed by atoms with Crippen LogP contribution in [-0.4, -0.2) is 25.3 Å². The van der Waals surface area contributed by atoms with Crippen LogP contribution in [0.25, 0.3) is 22.3 Å². The smallest absolute Gasteiger partial charge is 0.194 e. The predicted molar refractivity (Wildman–Crippen MR) is 102 cm³/mol. The van der Waals surface area contributed by atoms with E-state index in [1.165, 1.54) is 0 Å². The monoisotopic (exact) mass is 361 g/mol. The Balaban J connectivity index is 1.74. The summed E-state index contributed by atoms with van der Waals surface area (Å²) in [5.41, 5.74) is 4.03. The highest BCUT2D eigenvalue weighted by Gasteiger charge is 2.13. The summed E-state index contributed by atoms with van der Waals surface area (Å²) in [7, 11) is 0. The van der Waals surface area contributed by atoms with Gasteiger partial charge in [-0.25, -0.2) is 4.98 Å². The van der Waals surface area contributed by atoms with Gasteiger partial charge >= 0.3 is 0 Å². The van der Waals surface area contributed by atoms with E-state index in [4.69, 9.17) is 4.98 Å². The second-order valence-corrected chi connectivity index (χ2v) is 6.56. The van der Waals surface area contributed by atoms with Crippen molar-refractivity contribution in [2.45, 2.75) is 6.61 Å². The minimum Gasteiger partial charge on any atom is -0.392 e.